The zero-order chi connectivity index (χ0) is 17.6. The van der Waals surface area contributed by atoms with Gasteiger partial charge < -0.3 is 10.1 Å². The Morgan fingerprint density at radius 1 is 1.12 bits per heavy atom. The number of nitrogens with zero attached hydrogens (tertiary/aromatic N) is 1. The number of anilines is 1. The molecule has 2 aromatic carbocycles. The van der Waals surface area contributed by atoms with Gasteiger partial charge in [0.1, 0.15) is 11.8 Å². The summed E-state index contributed by atoms with van der Waals surface area (Å²) in [4.78, 5) is 15.4. The fourth-order valence-corrected chi connectivity index (χ4v) is 3.36. The number of piperidine rings is 1. The maximum atomic E-state index is 13.1. The first-order valence-electron chi connectivity index (χ1n) is 8.91. The number of carbonyl (C=O) groups is 1. The maximum absolute atomic E-state index is 13.1. The molecule has 0 saturated carbocycles. The normalized spacial score (nSPS) is 17.0. The molecule has 1 heterocycles. The van der Waals surface area contributed by atoms with E-state index in [-0.39, 0.29) is 11.9 Å². The van der Waals surface area contributed by atoms with Gasteiger partial charge in [-0.25, -0.2) is 0 Å². The van der Waals surface area contributed by atoms with Crippen LogP contribution in [0.1, 0.15) is 31.4 Å². The molecule has 1 amide bonds. The molecule has 0 aliphatic carbocycles. The summed E-state index contributed by atoms with van der Waals surface area (Å²) in [6, 6.07) is 17.3. The number of ether oxygens (including phenoxy) is 1. The number of carbonyl (C=O) groups excluding carboxylic acids is 1. The highest BCUT2D eigenvalue weighted by atomic mass is 16.5. The van der Waals surface area contributed by atoms with Gasteiger partial charge in [-0.1, -0.05) is 43.3 Å². The quantitative estimate of drug-likeness (QED) is 0.892. The zero-order valence-electron chi connectivity index (χ0n) is 14.9. The fourth-order valence-electron chi connectivity index (χ4n) is 3.36. The summed E-state index contributed by atoms with van der Waals surface area (Å²) in [6.45, 7) is 4.18. The number of hydrogen-bond acceptors (Lipinski definition) is 3. The van der Waals surface area contributed by atoms with Crippen molar-refractivity contribution in [3.8, 4) is 5.75 Å². The van der Waals surface area contributed by atoms with E-state index in [1.807, 2.05) is 54.6 Å². The minimum absolute atomic E-state index is 0.00834. The van der Waals surface area contributed by atoms with Crippen LogP contribution in [0.4, 0.5) is 5.69 Å². The Balaban J connectivity index is 1.82. The van der Waals surface area contributed by atoms with E-state index >= 15 is 0 Å². The smallest absolute Gasteiger partial charge is 0.246 e. The molecule has 0 unspecified atom stereocenters. The lowest BCUT2D eigenvalue weighted by Crippen LogP contribution is -2.41. The van der Waals surface area contributed by atoms with Crippen molar-refractivity contribution in [3.05, 3.63) is 60.2 Å². The summed E-state index contributed by atoms with van der Waals surface area (Å²) in [5.74, 6) is 1.48. The van der Waals surface area contributed by atoms with Crippen LogP contribution >= 0.6 is 0 Å². The molecular weight excluding hydrogens is 312 g/mol. The average Bonchev–Trinajstić information content (AvgIpc) is 2.64. The molecule has 1 aliphatic heterocycles. The number of likely N-dealkylation sites (tertiary alicyclic amines) is 1. The molecule has 2 aromatic rings. The lowest BCUT2D eigenvalue weighted by Gasteiger charge is -2.36. The lowest BCUT2D eigenvalue weighted by molar-refractivity contribution is -0.122. The Bertz CT molecular complexity index is 694. The van der Waals surface area contributed by atoms with Gasteiger partial charge in [0.2, 0.25) is 5.91 Å². The Kier molecular flexibility index (Phi) is 5.71. The number of nitrogens with one attached hydrogen (secondary N) is 1. The van der Waals surface area contributed by atoms with Gasteiger partial charge in [-0.05, 0) is 49.5 Å². The van der Waals surface area contributed by atoms with Crippen molar-refractivity contribution < 1.29 is 9.53 Å². The molecule has 1 aliphatic rings. The van der Waals surface area contributed by atoms with Crippen molar-refractivity contribution in [2.75, 3.05) is 25.5 Å². The highest BCUT2D eigenvalue weighted by Crippen LogP contribution is 2.28. The van der Waals surface area contributed by atoms with E-state index in [0.29, 0.717) is 0 Å². The van der Waals surface area contributed by atoms with Crippen LogP contribution in [0.3, 0.4) is 0 Å². The third-order valence-corrected chi connectivity index (χ3v) is 4.88. The number of benzene rings is 2. The molecule has 1 fully saturated rings. The second-order valence-corrected chi connectivity index (χ2v) is 6.75. The summed E-state index contributed by atoms with van der Waals surface area (Å²) >= 11 is 0. The highest BCUT2D eigenvalue weighted by Gasteiger charge is 2.30. The van der Waals surface area contributed by atoms with Gasteiger partial charge in [-0.15, -0.1) is 0 Å². The molecule has 25 heavy (non-hydrogen) atoms. The van der Waals surface area contributed by atoms with E-state index in [4.69, 9.17) is 4.74 Å². The van der Waals surface area contributed by atoms with Gasteiger partial charge in [-0.3, -0.25) is 9.69 Å². The molecule has 0 aromatic heterocycles. The molecule has 1 N–H and O–H groups in total. The van der Waals surface area contributed by atoms with Crippen molar-refractivity contribution in [1.29, 1.82) is 0 Å². The van der Waals surface area contributed by atoms with Crippen LogP contribution in [0.25, 0.3) is 0 Å². The summed E-state index contributed by atoms with van der Waals surface area (Å²) < 4.78 is 5.25. The van der Waals surface area contributed by atoms with Crippen LogP contribution in [0, 0.1) is 5.92 Å². The number of amides is 1. The molecule has 4 nitrogen and oxygen atoms in total. The minimum Gasteiger partial charge on any atom is -0.497 e. The first-order chi connectivity index (χ1) is 12.2. The standard InChI is InChI=1S/C21H26N2O2/c1-16-11-13-23(14-12-16)20(17-7-4-3-5-8-17)21(24)22-18-9-6-10-19(15-18)25-2/h3-10,15-16,20H,11-14H2,1-2H3,(H,22,24)/t20-/m1/s1. The Hall–Kier alpha value is -2.33. The second kappa shape index (κ2) is 8.17. The molecular formula is C21H26N2O2. The summed E-state index contributed by atoms with van der Waals surface area (Å²) in [6.07, 6.45) is 2.27. The zero-order valence-corrected chi connectivity index (χ0v) is 14.9. The van der Waals surface area contributed by atoms with Crippen molar-refractivity contribution >= 4 is 11.6 Å². The van der Waals surface area contributed by atoms with E-state index in [1.165, 1.54) is 0 Å². The topological polar surface area (TPSA) is 41.6 Å². The molecule has 0 bridgehead atoms. The molecule has 3 rings (SSSR count). The number of hydrogen-bond donors (Lipinski definition) is 1. The minimum atomic E-state index is -0.264. The lowest BCUT2D eigenvalue weighted by atomic mass is 9.95. The molecule has 0 radical (unpaired) electrons. The third kappa shape index (κ3) is 4.40. The molecule has 4 heteroatoms. The number of methoxy groups -OCH3 is 1. The molecule has 0 spiro atoms. The van der Waals surface area contributed by atoms with Gasteiger partial charge in [-0.2, -0.15) is 0 Å². The number of rotatable bonds is 5. The Morgan fingerprint density at radius 2 is 1.84 bits per heavy atom. The van der Waals surface area contributed by atoms with Crippen LogP contribution in [-0.2, 0) is 4.79 Å². The van der Waals surface area contributed by atoms with Gasteiger partial charge in [0.25, 0.3) is 0 Å². The Morgan fingerprint density at radius 3 is 2.52 bits per heavy atom. The van der Waals surface area contributed by atoms with Crippen molar-refractivity contribution in [3.63, 3.8) is 0 Å². The van der Waals surface area contributed by atoms with E-state index < -0.39 is 0 Å². The predicted molar refractivity (Wildman–Crippen MR) is 101 cm³/mol. The van der Waals surface area contributed by atoms with Crippen LogP contribution in [0.5, 0.6) is 5.75 Å². The molecule has 1 saturated heterocycles. The van der Waals surface area contributed by atoms with Crippen LogP contribution in [-0.4, -0.2) is 31.0 Å². The third-order valence-electron chi connectivity index (χ3n) is 4.88. The average molecular weight is 338 g/mol. The predicted octanol–water partition coefficient (Wildman–Crippen LogP) is 4.11. The van der Waals surface area contributed by atoms with Crippen LogP contribution in [0.2, 0.25) is 0 Å². The first kappa shape index (κ1) is 17.5. The van der Waals surface area contributed by atoms with Crippen LogP contribution < -0.4 is 10.1 Å². The second-order valence-electron chi connectivity index (χ2n) is 6.75. The molecule has 1 atom stereocenters. The summed E-state index contributed by atoms with van der Waals surface area (Å²) in [5, 5.41) is 3.06. The fraction of sp³-hybridized carbons (Fsp3) is 0.381. The van der Waals surface area contributed by atoms with Crippen LogP contribution in [0.15, 0.2) is 54.6 Å². The van der Waals surface area contributed by atoms with Crippen molar-refractivity contribution in [2.24, 2.45) is 5.92 Å². The SMILES string of the molecule is COc1cccc(NC(=O)[C@@H](c2ccccc2)N2CCC(C)CC2)c1. The van der Waals surface area contributed by atoms with Gasteiger partial charge in [0.15, 0.2) is 0 Å². The maximum Gasteiger partial charge on any atom is 0.246 e. The van der Waals surface area contributed by atoms with E-state index in [9.17, 15) is 4.79 Å². The summed E-state index contributed by atoms with van der Waals surface area (Å²) in [5.41, 5.74) is 1.80. The van der Waals surface area contributed by atoms with Crippen molar-refractivity contribution in [2.45, 2.75) is 25.8 Å². The van der Waals surface area contributed by atoms with Gasteiger partial charge >= 0.3 is 0 Å². The monoisotopic (exact) mass is 338 g/mol. The largest absolute Gasteiger partial charge is 0.497 e. The summed E-state index contributed by atoms with van der Waals surface area (Å²) in [7, 11) is 1.63. The van der Waals surface area contributed by atoms with Gasteiger partial charge in [0, 0.05) is 11.8 Å². The van der Waals surface area contributed by atoms with E-state index in [2.05, 4.69) is 17.1 Å². The Labute approximate surface area is 149 Å². The van der Waals surface area contributed by atoms with E-state index in [1.54, 1.807) is 7.11 Å². The molecule has 132 valence electrons. The van der Waals surface area contributed by atoms with Crippen molar-refractivity contribution in [1.82, 2.24) is 4.90 Å². The highest BCUT2D eigenvalue weighted by molar-refractivity contribution is 5.95. The van der Waals surface area contributed by atoms with E-state index in [0.717, 1.165) is 48.8 Å². The van der Waals surface area contributed by atoms with Gasteiger partial charge in [0.05, 0.1) is 7.11 Å². The first-order valence-corrected chi connectivity index (χ1v) is 8.91.